The predicted molar refractivity (Wildman–Crippen MR) is 135 cm³/mol. The van der Waals surface area contributed by atoms with E-state index in [1.807, 2.05) is 19.2 Å². The summed E-state index contributed by atoms with van der Waals surface area (Å²) in [6, 6.07) is 3.54. The summed E-state index contributed by atoms with van der Waals surface area (Å²) < 4.78 is 16.6. The van der Waals surface area contributed by atoms with E-state index >= 15 is 0 Å². The van der Waals surface area contributed by atoms with E-state index in [0.29, 0.717) is 24.0 Å². The zero-order valence-electron chi connectivity index (χ0n) is 21.3. The van der Waals surface area contributed by atoms with Crippen molar-refractivity contribution in [2.45, 2.75) is 51.0 Å². The Morgan fingerprint density at radius 1 is 1.22 bits per heavy atom. The van der Waals surface area contributed by atoms with Crippen LogP contribution in [0, 0.1) is 0 Å². The second-order valence-corrected chi connectivity index (χ2v) is 9.21. The molecule has 4 heterocycles. The Hall–Kier alpha value is -2.99. The molecule has 36 heavy (non-hydrogen) atoms. The number of ether oxygens (including phenoxy) is 3. The van der Waals surface area contributed by atoms with Crippen LogP contribution in [-0.4, -0.2) is 82.8 Å². The van der Waals surface area contributed by atoms with E-state index in [1.165, 1.54) is 5.56 Å². The van der Waals surface area contributed by atoms with Crippen LogP contribution in [0.5, 0.6) is 11.8 Å². The number of methoxy groups -OCH3 is 2. The van der Waals surface area contributed by atoms with Gasteiger partial charge in [0.1, 0.15) is 29.5 Å². The summed E-state index contributed by atoms with van der Waals surface area (Å²) in [5, 5.41) is 24.0. The van der Waals surface area contributed by atoms with Crippen molar-refractivity contribution < 1.29 is 24.4 Å². The van der Waals surface area contributed by atoms with Gasteiger partial charge < -0.3 is 34.3 Å². The standard InChI is InChI=1S/C25H36N6O5/c1-15(13-32)28-24(33)19-11-21(30-25(29-19)36-16(2)14-34-3)31-9-6-17(7-10-31)18-12-27-23-22(18)20(35-4)5-8-26-23/h5,8,11-12,15-17,24,28,32-33H,6-7,9-10,13-14H2,1-4H3,(H,26,27)/t15-,16+,24?/m1/s1. The number of anilines is 1. The van der Waals surface area contributed by atoms with Gasteiger partial charge in [-0.25, -0.2) is 4.98 Å². The van der Waals surface area contributed by atoms with Gasteiger partial charge in [-0.1, -0.05) is 0 Å². The monoisotopic (exact) mass is 500 g/mol. The minimum absolute atomic E-state index is 0.106. The first kappa shape index (κ1) is 26.1. The number of hydrogen-bond donors (Lipinski definition) is 4. The van der Waals surface area contributed by atoms with E-state index in [9.17, 15) is 10.2 Å². The van der Waals surface area contributed by atoms with Crippen molar-refractivity contribution in [1.29, 1.82) is 0 Å². The fourth-order valence-corrected chi connectivity index (χ4v) is 4.60. The molecular weight excluding hydrogens is 464 g/mol. The van der Waals surface area contributed by atoms with Crippen LogP contribution in [0.3, 0.4) is 0 Å². The van der Waals surface area contributed by atoms with Gasteiger partial charge in [-0.15, -0.1) is 0 Å². The van der Waals surface area contributed by atoms with Crippen molar-refractivity contribution in [2.75, 3.05) is 45.4 Å². The molecule has 4 rings (SSSR count). The maximum absolute atomic E-state index is 10.7. The molecule has 0 aromatic carbocycles. The average molecular weight is 501 g/mol. The van der Waals surface area contributed by atoms with Crippen LogP contribution >= 0.6 is 0 Å². The number of aromatic nitrogens is 4. The Balaban J connectivity index is 1.54. The van der Waals surface area contributed by atoms with Gasteiger partial charge in [0.05, 0.1) is 31.4 Å². The smallest absolute Gasteiger partial charge is 0.319 e. The van der Waals surface area contributed by atoms with Crippen LogP contribution in [0.15, 0.2) is 24.5 Å². The van der Waals surface area contributed by atoms with Gasteiger partial charge in [0.2, 0.25) is 0 Å². The number of aromatic amines is 1. The first-order valence-electron chi connectivity index (χ1n) is 12.3. The number of aliphatic hydroxyl groups excluding tert-OH is 2. The number of pyridine rings is 1. The molecule has 0 saturated carbocycles. The molecule has 0 bridgehead atoms. The maximum atomic E-state index is 10.7. The second kappa shape index (κ2) is 11.8. The molecule has 196 valence electrons. The third kappa shape index (κ3) is 5.86. The minimum atomic E-state index is -1.07. The van der Waals surface area contributed by atoms with E-state index in [1.54, 1.807) is 33.4 Å². The SMILES string of the molecule is COC[C@H](C)Oc1nc(C(O)N[C@H](C)CO)cc(N2CCC(c3c[nH]c4nccc(OC)c34)CC2)n1. The van der Waals surface area contributed by atoms with Crippen LogP contribution < -0.4 is 19.7 Å². The number of hydrogen-bond acceptors (Lipinski definition) is 10. The lowest BCUT2D eigenvalue weighted by Crippen LogP contribution is -2.35. The number of piperidine rings is 1. The quantitative estimate of drug-likeness (QED) is 0.290. The van der Waals surface area contributed by atoms with Crippen LogP contribution in [0.25, 0.3) is 11.0 Å². The normalized spacial score (nSPS) is 17.2. The van der Waals surface area contributed by atoms with Crippen molar-refractivity contribution in [2.24, 2.45) is 0 Å². The van der Waals surface area contributed by atoms with Crippen LogP contribution in [0.1, 0.15) is 50.1 Å². The molecule has 3 aromatic heterocycles. The van der Waals surface area contributed by atoms with E-state index in [0.717, 1.165) is 42.7 Å². The molecule has 0 spiro atoms. The molecular formula is C25H36N6O5. The molecule has 11 nitrogen and oxygen atoms in total. The molecule has 1 unspecified atom stereocenters. The number of aliphatic hydroxyl groups is 2. The highest BCUT2D eigenvalue weighted by Gasteiger charge is 2.27. The lowest BCUT2D eigenvalue weighted by atomic mass is 9.89. The lowest BCUT2D eigenvalue weighted by Gasteiger charge is -2.33. The topological polar surface area (TPSA) is 138 Å². The number of rotatable bonds is 11. The zero-order chi connectivity index (χ0) is 25.7. The lowest BCUT2D eigenvalue weighted by molar-refractivity contribution is 0.0818. The summed E-state index contributed by atoms with van der Waals surface area (Å²) >= 11 is 0. The molecule has 0 amide bonds. The molecule has 3 aromatic rings. The summed E-state index contributed by atoms with van der Waals surface area (Å²) in [6.07, 6.45) is 4.30. The summed E-state index contributed by atoms with van der Waals surface area (Å²) in [5.74, 6) is 1.86. The minimum Gasteiger partial charge on any atom is -0.496 e. The Morgan fingerprint density at radius 2 is 2.00 bits per heavy atom. The highest BCUT2D eigenvalue weighted by molar-refractivity contribution is 5.86. The number of nitrogens with one attached hydrogen (secondary N) is 2. The Labute approximate surface area is 210 Å². The average Bonchev–Trinajstić information content (AvgIpc) is 3.33. The van der Waals surface area contributed by atoms with Gasteiger partial charge in [-0.3, -0.25) is 5.32 Å². The zero-order valence-corrected chi connectivity index (χ0v) is 21.3. The van der Waals surface area contributed by atoms with Gasteiger partial charge in [0, 0.05) is 44.7 Å². The fraction of sp³-hybridized carbons (Fsp3) is 0.560. The van der Waals surface area contributed by atoms with Crippen molar-refractivity contribution in [1.82, 2.24) is 25.3 Å². The second-order valence-electron chi connectivity index (χ2n) is 9.21. The fourth-order valence-electron chi connectivity index (χ4n) is 4.60. The maximum Gasteiger partial charge on any atom is 0.319 e. The van der Waals surface area contributed by atoms with Gasteiger partial charge in [-0.05, 0) is 44.2 Å². The van der Waals surface area contributed by atoms with Crippen LogP contribution in [0.2, 0.25) is 0 Å². The summed E-state index contributed by atoms with van der Waals surface area (Å²) in [4.78, 5) is 18.9. The van der Waals surface area contributed by atoms with Crippen LogP contribution in [-0.2, 0) is 4.74 Å². The first-order chi connectivity index (χ1) is 17.4. The molecule has 1 aliphatic rings. The molecule has 3 atom stereocenters. The summed E-state index contributed by atoms with van der Waals surface area (Å²) in [7, 11) is 3.29. The molecule has 4 N–H and O–H groups in total. The number of fused-ring (bicyclic) bond motifs is 1. The van der Waals surface area contributed by atoms with E-state index < -0.39 is 6.23 Å². The molecule has 1 saturated heterocycles. The van der Waals surface area contributed by atoms with Gasteiger partial charge in [0.15, 0.2) is 0 Å². The van der Waals surface area contributed by atoms with E-state index in [4.69, 9.17) is 14.2 Å². The van der Waals surface area contributed by atoms with Crippen LogP contribution in [0.4, 0.5) is 5.82 Å². The van der Waals surface area contributed by atoms with Crippen molar-refractivity contribution >= 4 is 16.9 Å². The van der Waals surface area contributed by atoms with E-state index in [2.05, 4.69) is 30.2 Å². The van der Waals surface area contributed by atoms with Crippen molar-refractivity contribution in [3.63, 3.8) is 0 Å². The Morgan fingerprint density at radius 3 is 2.69 bits per heavy atom. The Bertz CT molecular complexity index is 1130. The largest absolute Gasteiger partial charge is 0.496 e. The van der Waals surface area contributed by atoms with Gasteiger partial charge in [-0.2, -0.15) is 9.97 Å². The third-order valence-corrected chi connectivity index (χ3v) is 6.46. The van der Waals surface area contributed by atoms with Gasteiger partial charge in [0.25, 0.3) is 0 Å². The highest BCUT2D eigenvalue weighted by Crippen LogP contribution is 2.37. The van der Waals surface area contributed by atoms with Crippen molar-refractivity contribution in [3.05, 3.63) is 35.8 Å². The molecule has 1 fully saturated rings. The first-order valence-corrected chi connectivity index (χ1v) is 12.3. The summed E-state index contributed by atoms with van der Waals surface area (Å²) in [6.45, 7) is 5.49. The third-order valence-electron chi connectivity index (χ3n) is 6.46. The molecule has 11 heteroatoms. The molecule has 0 radical (unpaired) electrons. The van der Waals surface area contributed by atoms with Crippen molar-refractivity contribution in [3.8, 4) is 11.8 Å². The number of nitrogens with zero attached hydrogens (tertiary/aromatic N) is 4. The highest BCUT2D eigenvalue weighted by atomic mass is 16.5. The van der Waals surface area contributed by atoms with Gasteiger partial charge >= 0.3 is 6.01 Å². The molecule has 1 aliphatic heterocycles. The Kier molecular flexibility index (Phi) is 8.57. The molecule has 0 aliphatic carbocycles. The summed E-state index contributed by atoms with van der Waals surface area (Å²) in [5.41, 5.74) is 2.43. The predicted octanol–water partition coefficient (Wildman–Crippen LogP) is 2.12. The number of H-pyrrole nitrogens is 1. The van der Waals surface area contributed by atoms with E-state index in [-0.39, 0.29) is 24.8 Å².